The molecule has 130 valence electrons. The lowest BCUT2D eigenvalue weighted by Gasteiger charge is -2.30. The number of piperidine rings is 1. The molecule has 0 amide bonds. The van der Waals surface area contributed by atoms with Crippen LogP contribution in [-0.4, -0.2) is 35.6 Å². The van der Waals surface area contributed by atoms with Crippen molar-refractivity contribution in [3.8, 4) is 0 Å². The van der Waals surface area contributed by atoms with E-state index in [0.29, 0.717) is 32.1 Å². The first-order valence-electron chi connectivity index (χ1n) is 8.33. The first-order chi connectivity index (χ1) is 11.5. The Morgan fingerprint density at radius 2 is 2.00 bits per heavy atom. The molecule has 0 bridgehead atoms. The smallest absolute Gasteiger partial charge is 0.268 e. The highest BCUT2D eigenvalue weighted by molar-refractivity contribution is 7.87. The monoisotopic (exact) mass is 348 g/mol. The van der Waals surface area contributed by atoms with E-state index in [1.54, 1.807) is 10.5 Å². The van der Waals surface area contributed by atoms with Crippen LogP contribution in [0.2, 0.25) is 0 Å². The highest BCUT2D eigenvalue weighted by Gasteiger charge is 2.26. The number of nitrogens with zero attached hydrogens (tertiary/aromatic N) is 3. The van der Waals surface area contributed by atoms with E-state index in [9.17, 15) is 8.42 Å². The Bertz CT molecular complexity index is 741. The van der Waals surface area contributed by atoms with Crippen molar-refractivity contribution in [2.45, 2.75) is 32.9 Å². The van der Waals surface area contributed by atoms with Gasteiger partial charge in [-0.05, 0) is 36.0 Å². The zero-order valence-electron chi connectivity index (χ0n) is 13.9. The highest BCUT2D eigenvalue weighted by Crippen LogP contribution is 2.18. The number of aromatic nitrogens is 2. The Hall–Kier alpha value is -1.70. The Kier molecular flexibility index (Phi) is 5.33. The van der Waals surface area contributed by atoms with E-state index in [0.717, 1.165) is 24.0 Å². The summed E-state index contributed by atoms with van der Waals surface area (Å²) in [4.78, 5) is 0. The Labute approximate surface area is 143 Å². The van der Waals surface area contributed by atoms with Crippen LogP contribution in [-0.2, 0) is 23.3 Å². The topological polar surface area (TPSA) is 67.2 Å². The van der Waals surface area contributed by atoms with Gasteiger partial charge in [-0.3, -0.25) is 4.68 Å². The van der Waals surface area contributed by atoms with Gasteiger partial charge in [-0.2, -0.15) is 22.5 Å². The Morgan fingerprint density at radius 1 is 1.25 bits per heavy atom. The van der Waals surface area contributed by atoms with E-state index >= 15 is 0 Å². The molecule has 0 spiro atoms. The van der Waals surface area contributed by atoms with E-state index in [-0.39, 0.29) is 0 Å². The molecule has 0 radical (unpaired) electrons. The SMILES string of the molecule is C[C@H]1CCCN(S(=O)(=O)NCc2ccc(Cn3cccn3)cc2)C1. The molecule has 2 aromatic rings. The maximum atomic E-state index is 12.4. The van der Waals surface area contributed by atoms with Crippen molar-refractivity contribution >= 4 is 10.2 Å². The third-order valence-electron chi connectivity index (χ3n) is 4.35. The van der Waals surface area contributed by atoms with Gasteiger partial charge in [0.25, 0.3) is 10.2 Å². The molecule has 0 unspecified atom stereocenters. The summed E-state index contributed by atoms with van der Waals surface area (Å²) in [5.41, 5.74) is 2.09. The summed E-state index contributed by atoms with van der Waals surface area (Å²) in [6.07, 6.45) is 5.71. The van der Waals surface area contributed by atoms with Crippen LogP contribution < -0.4 is 4.72 Å². The van der Waals surface area contributed by atoms with Crippen molar-refractivity contribution in [1.82, 2.24) is 18.8 Å². The van der Waals surface area contributed by atoms with Crippen molar-refractivity contribution in [3.05, 3.63) is 53.9 Å². The van der Waals surface area contributed by atoms with E-state index < -0.39 is 10.2 Å². The minimum absolute atomic E-state index is 0.315. The lowest BCUT2D eigenvalue weighted by Crippen LogP contribution is -2.45. The number of hydrogen-bond donors (Lipinski definition) is 1. The van der Waals surface area contributed by atoms with Crippen LogP contribution in [0.15, 0.2) is 42.7 Å². The molecule has 1 atom stereocenters. The van der Waals surface area contributed by atoms with Crippen molar-refractivity contribution < 1.29 is 8.42 Å². The van der Waals surface area contributed by atoms with Crippen LogP contribution in [0.1, 0.15) is 30.9 Å². The van der Waals surface area contributed by atoms with E-state index in [2.05, 4.69) is 16.7 Å². The molecule has 7 heteroatoms. The van der Waals surface area contributed by atoms with Gasteiger partial charge in [0.15, 0.2) is 0 Å². The molecule has 3 rings (SSSR count). The summed E-state index contributed by atoms with van der Waals surface area (Å²) in [5.74, 6) is 0.428. The predicted molar refractivity (Wildman–Crippen MR) is 93.5 cm³/mol. The van der Waals surface area contributed by atoms with E-state index in [1.165, 1.54) is 0 Å². The van der Waals surface area contributed by atoms with Crippen LogP contribution >= 0.6 is 0 Å². The standard InChI is InChI=1S/C17H24N4O2S/c1-15-4-2-11-21(13-15)24(22,23)19-12-16-5-7-17(8-6-16)14-20-10-3-9-18-20/h3,5-10,15,19H,2,4,11-14H2,1H3/t15-/m0/s1. The molecule has 1 aromatic heterocycles. The number of benzene rings is 1. The first kappa shape index (κ1) is 17.1. The summed E-state index contributed by atoms with van der Waals surface area (Å²) in [6, 6.07) is 9.83. The third kappa shape index (κ3) is 4.43. The number of rotatable bonds is 6. The maximum absolute atomic E-state index is 12.4. The van der Waals surface area contributed by atoms with E-state index in [1.807, 2.05) is 41.2 Å². The fourth-order valence-corrected chi connectivity index (χ4v) is 4.33. The van der Waals surface area contributed by atoms with Crippen LogP contribution in [0.25, 0.3) is 0 Å². The van der Waals surface area contributed by atoms with Gasteiger partial charge in [0.05, 0.1) is 6.54 Å². The van der Waals surface area contributed by atoms with Crippen molar-refractivity contribution in [1.29, 1.82) is 0 Å². The molecule has 24 heavy (non-hydrogen) atoms. The minimum atomic E-state index is -3.40. The molecule has 1 saturated heterocycles. The zero-order valence-corrected chi connectivity index (χ0v) is 14.7. The summed E-state index contributed by atoms with van der Waals surface area (Å²) in [5, 5.41) is 4.18. The van der Waals surface area contributed by atoms with Gasteiger partial charge in [0.1, 0.15) is 0 Å². The number of hydrogen-bond acceptors (Lipinski definition) is 3. The van der Waals surface area contributed by atoms with Crippen molar-refractivity contribution in [2.75, 3.05) is 13.1 Å². The molecular formula is C17H24N4O2S. The fourth-order valence-electron chi connectivity index (χ4n) is 2.97. The molecule has 1 aromatic carbocycles. The van der Waals surface area contributed by atoms with Gasteiger partial charge >= 0.3 is 0 Å². The molecule has 6 nitrogen and oxygen atoms in total. The summed E-state index contributed by atoms with van der Waals surface area (Å²) in [6.45, 7) is 4.35. The summed E-state index contributed by atoms with van der Waals surface area (Å²) >= 11 is 0. The quantitative estimate of drug-likeness (QED) is 0.868. The predicted octanol–water partition coefficient (Wildman–Crippen LogP) is 2.00. The second kappa shape index (κ2) is 7.46. The van der Waals surface area contributed by atoms with Gasteiger partial charge in [-0.1, -0.05) is 31.2 Å². The molecular weight excluding hydrogens is 324 g/mol. The van der Waals surface area contributed by atoms with Crippen LogP contribution in [0.5, 0.6) is 0 Å². The molecule has 1 N–H and O–H groups in total. The summed E-state index contributed by atoms with van der Waals surface area (Å²) < 4.78 is 30.9. The lowest BCUT2D eigenvalue weighted by atomic mass is 10.0. The van der Waals surface area contributed by atoms with Gasteiger partial charge < -0.3 is 0 Å². The molecule has 1 fully saturated rings. The average molecular weight is 348 g/mol. The van der Waals surface area contributed by atoms with Crippen LogP contribution in [0.4, 0.5) is 0 Å². The molecule has 1 aliphatic heterocycles. The Morgan fingerprint density at radius 3 is 2.67 bits per heavy atom. The van der Waals surface area contributed by atoms with Crippen LogP contribution in [0.3, 0.4) is 0 Å². The van der Waals surface area contributed by atoms with Gasteiger partial charge in [0, 0.05) is 32.0 Å². The minimum Gasteiger partial charge on any atom is -0.268 e. The van der Waals surface area contributed by atoms with Gasteiger partial charge in [0.2, 0.25) is 0 Å². The average Bonchev–Trinajstić information content (AvgIpc) is 3.07. The third-order valence-corrected chi connectivity index (χ3v) is 5.87. The Balaban J connectivity index is 1.56. The first-order valence-corrected chi connectivity index (χ1v) is 9.77. The van der Waals surface area contributed by atoms with Crippen LogP contribution in [0, 0.1) is 5.92 Å². The second-order valence-electron chi connectivity index (χ2n) is 6.45. The fraction of sp³-hybridized carbons (Fsp3) is 0.471. The molecule has 2 heterocycles. The molecule has 0 saturated carbocycles. The molecule has 0 aliphatic carbocycles. The summed E-state index contributed by atoms with van der Waals surface area (Å²) in [7, 11) is -3.40. The highest BCUT2D eigenvalue weighted by atomic mass is 32.2. The van der Waals surface area contributed by atoms with Gasteiger partial charge in [-0.25, -0.2) is 0 Å². The number of nitrogens with one attached hydrogen (secondary N) is 1. The largest absolute Gasteiger partial charge is 0.279 e. The lowest BCUT2D eigenvalue weighted by molar-refractivity contribution is 0.278. The zero-order chi connectivity index (χ0) is 17.0. The maximum Gasteiger partial charge on any atom is 0.279 e. The second-order valence-corrected chi connectivity index (χ2v) is 8.21. The van der Waals surface area contributed by atoms with E-state index in [4.69, 9.17) is 0 Å². The normalized spacial score (nSPS) is 19.5. The van der Waals surface area contributed by atoms with Crippen molar-refractivity contribution in [2.24, 2.45) is 5.92 Å². The molecule has 1 aliphatic rings. The van der Waals surface area contributed by atoms with Crippen molar-refractivity contribution in [3.63, 3.8) is 0 Å². The van der Waals surface area contributed by atoms with Gasteiger partial charge in [-0.15, -0.1) is 0 Å².